The number of anilines is 1. The SMILES string of the molecule is O=[N+]([O-])c1ccc(/C=N\Nc2ncc(-c3ccc([N+](=O)[O-])cc3)cn2)cc1. The standard InChI is InChI=1S/C17H12N6O4/c24-22(25)15-5-1-12(2-6-15)9-20-21-17-18-10-14(11-19-17)13-3-7-16(8-4-13)23(26)27/h1-11H,(H,18,19,21)/b20-9-. The van der Waals surface area contributed by atoms with E-state index in [1.165, 1.54) is 30.5 Å². The summed E-state index contributed by atoms with van der Waals surface area (Å²) in [4.78, 5) is 28.6. The zero-order valence-electron chi connectivity index (χ0n) is 13.7. The van der Waals surface area contributed by atoms with Gasteiger partial charge in [0.2, 0.25) is 5.95 Å². The fourth-order valence-corrected chi connectivity index (χ4v) is 2.16. The molecule has 0 amide bonds. The van der Waals surface area contributed by atoms with Gasteiger partial charge >= 0.3 is 0 Å². The quantitative estimate of drug-likeness (QED) is 0.402. The maximum absolute atomic E-state index is 10.7. The van der Waals surface area contributed by atoms with Crippen LogP contribution >= 0.6 is 0 Å². The van der Waals surface area contributed by atoms with Crippen molar-refractivity contribution in [3.05, 3.63) is 86.7 Å². The molecule has 0 radical (unpaired) electrons. The van der Waals surface area contributed by atoms with Crippen molar-refractivity contribution in [1.82, 2.24) is 9.97 Å². The van der Waals surface area contributed by atoms with Crippen LogP contribution in [0.3, 0.4) is 0 Å². The van der Waals surface area contributed by atoms with E-state index in [1.807, 2.05) is 0 Å². The highest BCUT2D eigenvalue weighted by atomic mass is 16.6. The minimum atomic E-state index is -0.473. The topological polar surface area (TPSA) is 136 Å². The smallest absolute Gasteiger partial charge is 0.258 e. The van der Waals surface area contributed by atoms with Crippen LogP contribution in [0.15, 0.2) is 66.0 Å². The van der Waals surface area contributed by atoms with Crippen LogP contribution in [0.2, 0.25) is 0 Å². The number of rotatable bonds is 6. The highest BCUT2D eigenvalue weighted by Gasteiger charge is 2.06. The van der Waals surface area contributed by atoms with E-state index < -0.39 is 9.85 Å². The average Bonchev–Trinajstić information content (AvgIpc) is 2.69. The second kappa shape index (κ2) is 7.78. The Bertz CT molecular complexity index is 985. The van der Waals surface area contributed by atoms with Gasteiger partial charge in [0, 0.05) is 42.2 Å². The van der Waals surface area contributed by atoms with Crippen molar-refractivity contribution >= 4 is 23.5 Å². The molecular formula is C17H12N6O4. The first-order chi connectivity index (χ1) is 13.0. The van der Waals surface area contributed by atoms with E-state index in [-0.39, 0.29) is 17.3 Å². The largest absolute Gasteiger partial charge is 0.269 e. The molecule has 10 nitrogen and oxygen atoms in total. The van der Waals surface area contributed by atoms with Crippen molar-refractivity contribution in [2.45, 2.75) is 0 Å². The van der Waals surface area contributed by atoms with Crippen molar-refractivity contribution in [3.63, 3.8) is 0 Å². The number of non-ortho nitro benzene ring substituents is 2. The lowest BCUT2D eigenvalue weighted by molar-refractivity contribution is -0.385. The summed E-state index contributed by atoms with van der Waals surface area (Å²) in [5.41, 5.74) is 4.81. The first-order valence-electron chi connectivity index (χ1n) is 7.63. The van der Waals surface area contributed by atoms with E-state index in [0.717, 1.165) is 5.56 Å². The van der Waals surface area contributed by atoms with E-state index in [2.05, 4.69) is 20.5 Å². The Kier molecular flexibility index (Phi) is 5.07. The molecule has 0 unspecified atom stereocenters. The van der Waals surface area contributed by atoms with Crippen molar-refractivity contribution in [3.8, 4) is 11.1 Å². The highest BCUT2D eigenvalue weighted by Crippen LogP contribution is 2.21. The molecule has 1 aromatic heterocycles. The van der Waals surface area contributed by atoms with Crippen LogP contribution in [-0.2, 0) is 0 Å². The zero-order valence-corrected chi connectivity index (χ0v) is 13.7. The molecule has 0 bridgehead atoms. The Labute approximate surface area is 152 Å². The molecule has 0 saturated heterocycles. The zero-order chi connectivity index (χ0) is 19.2. The molecule has 3 rings (SSSR count). The third-order valence-electron chi connectivity index (χ3n) is 3.55. The molecule has 0 saturated carbocycles. The van der Waals surface area contributed by atoms with Crippen molar-refractivity contribution < 1.29 is 9.85 Å². The summed E-state index contributed by atoms with van der Waals surface area (Å²) in [6.45, 7) is 0. The van der Waals surface area contributed by atoms with Crippen molar-refractivity contribution in [2.24, 2.45) is 5.10 Å². The molecule has 0 aliphatic rings. The van der Waals surface area contributed by atoms with E-state index in [4.69, 9.17) is 0 Å². The fourth-order valence-electron chi connectivity index (χ4n) is 2.16. The average molecular weight is 364 g/mol. The van der Waals surface area contributed by atoms with Crippen molar-refractivity contribution in [1.29, 1.82) is 0 Å². The van der Waals surface area contributed by atoms with Gasteiger partial charge in [-0.15, -0.1) is 0 Å². The van der Waals surface area contributed by atoms with Gasteiger partial charge in [-0.05, 0) is 35.4 Å². The normalized spacial score (nSPS) is 10.7. The third-order valence-corrected chi connectivity index (χ3v) is 3.55. The predicted molar refractivity (Wildman–Crippen MR) is 98.4 cm³/mol. The van der Waals surface area contributed by atoms with E-state index >= 15 is 0 Å². The Morgan fingerprint density at radius 1 is 0.815 bits per heavy atom. The summed E-state index contributed by atoms with van der Waals surface area (Å²) >= 11 is 0. The predicted octanol–water partition coefficient (Wildman–Crippen LogP) is 3.41. The van der Waals surface area contributed by atoms with Gasteiger partial charge in [0.25, 0.3) is 11.4 Å². The molecule has 10 heteroatoms. The number of hydrogen-bond donors (Lipinski definition) is 1. The van der Waals surface area contributed by atoms with Crippen LogP contribution in [0.4, 0.5) is 17.3 Å². The number of nitrogens with one attached hydrogen (secondary N) is 1. The molecule has 2 aromatic carbocycles. The number of nitro groups is 2. The maximum atomic E-state index is 10.7. The summed E-state index contributed by atoms with van der Waals surface area (Å²) in [5, 5.41) is 25.2. The van der Waals surface area contributed by atoms with Gasteiger partial charge in [0.05, 0.1) is 16.1 Å². The van der Waals surface area contributed by atoms with Crippen LogP contribution in [0, 0.1) is 20.2 Å². The number of nitro benzene ring substituents is 2. The molecule has 0 aliphatic heterocycles. The lowest BCUT2D eigenvalue weighted by Crippen LogP contribution is -1.97. The third kappa shape index (κ3) is 4.45. The highest BCUT2D eigenvalue weighted by molar-refractivity contribution is 5.80. The van der Waals surface area contributed by atoms with Gasteiger partial charge in [-0.1, -0.05) is 0 Å². The molecule has 3 aromatic rings. The second-order valence-electron chi connectivity index (χ2n) is 5.32. The summed E-state index contributed by atoms with van der Waals surface area (Å²) in [5.74, 6) is 0.263. The maximum Gasteiger partial charge on any atom is 0.269 e. The van der Waals surface area contributed by atoms with E-state index in [9.17, 15) is 20.2 Å². The van der Waals surface area contributed by atoms with Gasteiger partial charge in [0.15, 0.2) is 0 Å². The van der Waals surface area contributed by atoms with Gasteiger partial charge in [-0.2, -0.15) is 5.10 Å². The summed E-state index contributed by atoms with van der Waals surface area (Å²) in [7, 11) is 0. The molecule has 0 atom stereocenters. The Hall–Kier alpha value is -4.21. The van der Waals surface area contributed by atoms with Gasteiger partial charge in [0.1, 0.15) is 0 Å². The molecule has 134 valence electrons. The minimum absolute atomic E-state index is 0.00488. The van der Waals surface area contributed by atoms with Crippen LogP contribution in [0.25, 0.3) is 11.1 Å². The summed E-state index contributed by atoms with van der Waals surface area (Å²) in [6, 6.07) is 12.0. The Morgan fingerprint density at radius 2 is 1.33 bits per heavy atom. The lowest BCUT2D eigenvalue weighted by Gasteiger charge is -2.02. The number of benzene rings is 2. The first-order valence-corrected chi connectivity index (χ1v) is 7.63. The van der Waals surface area contributed by atoms with Crippen LogP contribution in [-0.4, -0.2) is 26.0 Å². The molecule has 0 spiro atoms. The minimum Gasteiger partial charge on any atom is -0.258 e. The fraction of sp³-hybridized carbons (Fsp3) is 0. The van der Waals surface area contributed by atoms with Gasteiger partial charge in [-0.3, -0.25) is 20.2 Å². The van der Waals surface area contributed by atoms with Gasteiger partial charge < -0.3 is 0 Å². The number of hydrogen-bond acceptors (Lipinski definition) is 8. The Morgan fingerprint density at radius 3 is 1.85 bits per heavy atom. The summed E-state index contributed by atoms with van der Waals surface area (Å²) < 4.78 is 0. The number of nitrogens with zero attached hydrogens (tertiary/aromatic N) is 5. The van der Waals surface area contributed by atoms with Crippen molar-refractivity contribution in [2.75, 3.05) is 5.43 Å². The monoisotopic (exact) mass is 364 g/mol. The lowest BCUT2D eigenvalue weighted by atomic mass is 10.1. The van der Waals surface area contributed by atoms with Gasteiger partial charge in [-0.25, -0.2) is 15.4 Å². The number of aromatic nitrogens is 2. The second-order valence-corrected chi connectivity index (χ2v) is 5.32. The van der Waals surface area contributed by atoms with Crippen LogP contribution < -0.4 is 5.43 Å². The number of hydrazone groups is 1. The molecular weight excluding hydrogens is 352 g/mol. The molecule has 1 N–H and O–H groups in total. The molecule has 1 heterocycles. The van der Waals surface area contributed by atoms with E-state index in [0.29, 0.717) is 11.1 Å². The summed E-state index contributed by atoms with van der Waals surface area (Å²) in [6.07, 6.45) is 4.62. The first kappa shape index (κ1) is 17.6. The van der Waals surface area contributed by atoms with E-state index in [1.54, 1.807) is 36.7 Å². The Balaban J connectivity index is 1.63. The molecule has 27 heavy (non-hydrogen) atoms. The molecule has 0 aliphatic carbocycles. The van der Waals surface area contributed by atoms with Crippen LogP contribution in [0.5, 0.6) is 0 Å². The molecule has 0 fully saturated rings. The van der Waals surface area contributed by atoms with Crippen LogP contribution in [0.1, 0.15) is 5.56 Å².